The molecule has 0 saturated carbocycles. The lowest BCUT2D eigenvalue weighted by Crippen LogP contribution is -2.56. The monoisotopic (exact) mass is 321 g/mol. The quantitative estimate of drug-likeness (QED) is 0.930. The number of piperidine rings is 1. The van der Waals surface area contributed by atoms with E-state index in [-0.39, 0.29) is 6.09 Å². The summed E-state index contributed by atoms with van der Waals surface area (Å²) in [6.07, 6.45) is -0.422. The molecule has 23 heavy (non-hydrogen) atoms. The molecule has 1 aliphatic heterocycles. The van der Waals surface area contributed by atoms with Gasteiger partial charge in [0.25, 0.3) is 0 Å². The van der Waals surface area contributed by atoms with E-state index >= 15 is 0 Å². The van der Waals surface area contributed by atoms with E-state index in [4.69, 9.17) is 9.47 Å². The molecular formula is C18H27NO4. The van der Waals surface area contributed by atoms with Crippen LogP contribution in [-0.4, -0.2) is 47.5 Å². The standard InChI is InChI=1S/C18H27NO4/c1-5-22-15-13-19(16(20)23-17(2,3)4)12-11-18(15,21)14-9-7-6-8-10-14/h6-10,15,21H,5,11-13H2,1-4H3/t15-,18-/m1/s1. The van der Waals surface area contributed by atoms with Gasteiger partial charge in [-0.25, -0.2) is 4.79 Å². The van der Waals surface area contributed by atoms with Gasteiger partial charge < -0.3 is 19.5 Å². The average Bonchev–Trinajstić information content (AvgIpc) is 2.49. The first-order valence-electron chi connectivity index (χ1n) is 8.13. The molecule has 0 unspecified atom stereocenters. The Morgan fingerprint density at radius 3 is 2.57 bits per heavy atom. The molecule has 0 spiro atoms. The zero-order valence-corrected chi connectivity index (χ0v) is 14.4. The number of rotatable bonds is 3. The highest BCUT2D eigenvalue weighted by Gasteiger charge is 2.45. The van der Waals surface area contributed by atoms with Crippen molar-refractivity contribution < 1.29 is 19.4 Å². The first-order valence-corrected chi connectivity index (χ1v) is 8.13. The van der Waals surface area contributed by atoms with Crippen LogP contribution in [0.25, 0.3) is 0 Å². The number of hydrogen-bond acceptors (Lipinski definition) is 4. The van der Waals surface area contributed by atoms with Crippen LogP contribution in [0.1, 0.15) is 39.7 Å². The Hall–Kier alpha value is -1.59. The van der Waals surface area contributed by atoms with Crippen molar-refractivity contribution >= 4 is 6.09 Å². The Labute approximate surface area is 138 Å². The maximum Gasteiger partial charge on any atom is 0.410 e. The van der Waals surface area contributed by atoms with Crippen molar-refractivity contribution in [2.45, 2.75) is 51.4 Å². The molecule has 1 amide bonds. The predicted octanol–water partition coefficient (Wildman–Crippen LogP) is 2.92. The third kappa shape index (κ3) is 4.24. The fourth-order valence-electron chi connectivity index (χ4n) is 2.85. The summed E-state index contributed by atoms with van der Waals surface area (Å²) < 4.78 is 11.2. The van der Waals surface area contributed by atoms with Gasteiger partial charge in [-0.15, -0.1) is 0 Å². The first-order chi connectivity index (χ1) is 10.8. The summed E-state index contributed by atoms with van der Waals surface area (Å²) in [5.41, 5.74) is -0.802. The van der Waals surface area contributed by atoms with Crippen molar-refractivity contribution in [3.05, 3.63) is 35.9 Å². The van der Waals surface area contributed by atoms with Gasteiger partial charge in [0, 0.05) is 19.6 Å². The van der Waals surface area contributed by atoms with Gasteiger partial charge in [-0.3, -0.25) is 0 Å². The normalized spacial score (nSPS) is 25.3. The van der Waals surface area contributed by atoms with E-state index in [2.05, 4.69) is 0 Å². The predicted molar refractivity (Wildman–Crippen MR) is 88.2 cm³/mol. The molecule has 1 heterocycles. The Bertz CT molecular complexity index is 526. The van der Waals surface area contributed by atoms with E-state index in [1.807, 2.05) is 58.0 Å². The van der Waals surface area contributed by atoms with Gasteiger partial charge in [-0.05, 0) is 33.3 Å². The largest absolute Gasteiger partial charge is 0.444 e. The highest BCUT2D eigenvalue weighted by atomic mass is 16.6. The van der Waals surface area contributed by atoms with Gasteiger partial charge in [0.1, 0.15) is 17.3 Å². The molecule has 128 valence electrons. The topological polar surface area (TPSA) is 59.0 Å². The summed E-state index contributed by atoms with van der Waals surface area (Å²) in [6, 6.07) is 9.51. The van der Waals surface area contributed by atoms with Crippen LogP contribution < -0.4 is 0 Å². The van der Waals surface area contributed by atoms with Crippen LogP contribution in [0.5, 0.6) is 0 Å². The number of aliphatic hydroxyl groups is 1. The number of hydrogen-bond donors (Lipinski definition) is 1. The molecule has 0 aromatic heterocycles. The molecule has 5 heteroatoms. The summed E-state index contributed by atoms with van der Waals surface area (Å²) in [7, 11) is 0. The fourth-order valence-corrected chi connectivity index (χ4v) is 2.85. The van der Waals surface area contributed by atoms with Crippen molar-refractivity contribution in [2.75, 3.05) is 19.7 Å². The van der Waals surface area contributed by atoms with Crippen molar-refractivity contribution in [1.29, 1.82) is 0 Å². The Morgan fingerprint density at radius 1 is 1.35 bits per heavy atom. The number of carbonyl (C=O) groups excluding carboxylic acids is 1. The molecule has 1 aliphatic rings. The minimum Gasteiger partial charge on any atom is -0.444 e. The molecule has 0 bridgehead atoms. The Morgan fingerprint density at radius 2 is 2.00 bits per heavy atom. The lowest BCUT2D eigenvalue weighted by Gasteiger charge is -2.44. The molecular weight excluding hydrogens is 294 g/mol. The van der Waals surface area contributed by atoms with E-state index in [1.54, 1.807) is 4.90 Å². The van der Waals surface area contributed by atoms with Crippen molar-refractivity contribution in [1.82, 2.24) is 4.90 Å². The molecule has 0 aliphatic carbocycles. The summed E-state index contributed by atoms with van der Waals surface area (Å²) >= 11 is 0. The average molecular weight is 321 g/mol. The van der Waals surface area contributed by atoms with Crippen LogP contribution in [0.4, 0.5) is 4.79 Å². The highest BCUT2D eigenvalue weighted by Crippen LogP contribution is 2.35. The summed E-state index contributed by atoms with van der Waals surface area (Å²) in [5, 5.41) is 11.2. The SMILES string of the molecule is CCO[C@@H]1CN(C(=O)OC(C)(C)C)CC[C@@]1(O)c1ccccc1. The maximum absolute atomic E-state index is 12.3. The molecule has 2 rings (SSSR count). The summed E-state index contributed by atoms with van der Waals surface area (Å²) in [4.78, 5) is 13.9. The second-order valence-electron chi connectivity index (χ2n) is 6.91. The smallest absolute Gasteiger partial charge is 0.410 e. The second kappa shape index (κ2) is 6.89. The molecule has 1 aromatic rings. The third-order valence-corrected chi connectivity index (χ3v) is 3.97. The minimum absolute atomic E-state index is 0.314. The van der Waals surface area contributed by atoms with Crippen molar-refractivity contribution in [2.24, 2.45) is 0 Å². The minimum atomic E-state index is -1.09. The van der Waals surface area contributed by atoms with Crippen LogP contribution in [0.2, 0.25) is 0 Å². The van der Waals surface area contributed by atoms with Gasteiger partial charge in [0.05, 0.1) is 6.54 Å². The molecule has 1 saturated heterocycles. The maximum atomic E-state index is 12.3. The van der Waals surface area contributed by atoms with E-state index in [0.29, 0.717) is 26.1 Å². The van der Waals surface area contributed by atoms with Crippen LogP contribution in [-0.2, 0) is 15.1 Å². The van der Waals surface area contributed by atoms with Crippen LogP contribution in [0, 0.1) is 0 Å². The summed E-state index contributed by atoms with van der Waals surface area (Å²) in [6.45, 7) is 8.64. The zero-order chi connectivity index (χ0) is 17.1. The second-order valence-corrected chi connectivity index (χ2v) is 6.91. The van der Waals surface area contributed by atoms with Crippen molar-refractivity contribution in [3.63, 3.8) is 0 Å². The third-order valence-electron chi connectivity index (χ3n) is 3.97. The van der Waals surface area contributed by atoms with Crippen LogP contribution >= 0.6 is 0 Å². The van der Waals surface area contributed by atoms with E-state index in [1.165, 1.54) is 0 Å². The number of nitrogens with zero attached hydrogens (tertiary/aromatic N) is 1. The van der Waals surface area contributed by atoms with E-state index < -0.39 is 17.3 Å². The van der Waals surface area contributed by atoms with Gasteiger partial charge in [0.15, 0.2) is 0 Å². The Kier molecular flexibility index (Phi) is 5.32. The highest BCUT2D eigenvalue weighted by molar-refractivity contribution is 5.68. The Balaban J connectivity index is 2.16. The molecule has 1 fully saturated rings. The van der Waals surface area contributed by atoms with Crippen LogP contribution in [0.3, 0.4) is 0 Å². The fraction of sp³-hybridized carbons (Fsp3) is 0.611. The number of ether oxygens (including phenoxy) is 2. The number of likely N-dealkylation sites (tertiary alicyclic amines) is 1. The summed E-state index contributed by atoms with van der Waals surface area (Å²) in [5.74, 6) is 0. The lowest BCUT2D eigenvalue weighted by atomic mass is 9.82. The number of amides is 1. The zero-order valence-electron chi connectivity index (χ0n) is 14.4. The first kappa shape index (κ1) is 17.8. The molecule has 0 radical (unpaired) electrons. The lowest BCUT2D eigenvalue weighted by molar-refractivity contribution is -0.147. The van der Waals surface area contributed by atoms with E-state index in [9.17, 15) is 9.90 Å². The van der Waals surface area contributed by atoms with Gasteiger partial charge >= 0.3 is 6.09 Å². The van der Waals surface area contributed by atoms with Gasteiger partial charge in [-0.1, -0.05) is 30.3 Å². The van der Waals surface area contributed by atoms with Crippen LogP contribution in [0.15, 0.2) is 30.3 Å². The molecule has 1 aromatic carbocycles. The van der Waals surface area contributed by atoms with Crippen molar-refractivity contribution in [3.8, 4) is 0 Å². The molecule has 1 N–H and O–H groups in total. The van der Waals surface area contributed by atoms with Gasteiger partial charge in [-0.2, -0.15) is 0 Å². The number of carbonyl (C=O) groups is 1. The number of benzene rings is 1. The molecule has 2 atom stereocenters. The van der Waals surface area contributed by atoms with Gasteiger partial charge in [0.2, 0.25) is 0 Å². The van der Waals surface area contributed by atoms with E-state index in [0.717, 1.165) is 5.56 Å². The molecule has 5 nitrogen and oxygen atoms in total.